The van der Waals surface area contributed by atoms with Crippen LogP contribution in [0.4, 0.5) is 0 Å². The summed E-state index contributed by atoms with van der Waals surface area (Å²) in [6.07, 6.45) is 56.9. The Kier molecular flexibility index (Phi) is 40.6. The first-order valence-corrected chi connectivity index (χ1v) is 21.5. The quantitative estimate of drug-likeness (QED) is 0.0390. The van der Waals surface area contributed by atoms with Crippen LogP contribution in [0.15, 0.2) is 72.9 Å². The van der Waals surface area contributed by atoms with Gasteiger partial charge < -0.3 is 14.6 Å². The molecule has 0 aromatic heterocycles. The number of unbranched alkanes of at least 4 members (excludes halogenated alkanes) is 18. The highest BCUT2D eigenvalue weighted by atomic mass is 16.6. The van der Waals surface area contributed by atoms with Gasteiger partial charge in [-0.1, -0.05) is 177 Å². The highest BCUT2D eigenvalue weighted by Crippen LogP contribution is 2.14. The molecule has 0 radical (unpaired) electrons. The van der Waals surface area contributed by atoms with Crippen molar-refractivity contribution in [2.45, 2.75) is 200 Å². The van der Waals surface area contributed by atoms with Crippen LogP contribution in [0.2, 0.25) is 0 Å². The third-order valence-electron chi connectivity index (χ3n) is 8.97. The van der Waals surface area contributed by atoms with E-state index in [1.165, 1.54) is 83.5 Å². The minimum Gasteiger partial charge on any atom is -0.462 e. The van der Waals surface area contributed by atoms with Crippen LogP contribution in [0.25, 0.3) is 0 Å². The van der Waals surface area contributed by atoms with Crippen molar-refractivity contribution >= 4 is 11.9 Å². The zero-order valence-electron chi connectivity index (χ0n) is 33.8. The summed E-state index contributed by atoms with van der Waals surface area (Å²) in [6.45, 7) is 3.94. The molecule has 0 amide bonds. The second-order valence-electron chi connectivity index (χ2n) is 14.0. The second-order valence-corrected chi connectivity index (χ2v) is 14.0. The van der Waals surface area contributed by atoms with Gasteiger partial charge in [-0.15, -0.1) is 0 Å². The van der Waals surface area contributed by atoms with Crippen molar-refractivity contribution < 1.29 is 24.2 Å². The molecule has 0 spiro atoms. The van der Waals surface area contributed by atoms with Crippen LogP contribution >= 0.6 is 0 Å². The Morgan fingerprint density at radius 3 is 1.25 bits per heavy atom. The van der Waals surface area contributed by atoms with Crippen LogP contribution in [0, 0.1) is 0 Å². The molecule has 0 heterocycles. The summed E-state index contributed by atoms with van der Waals surface area (Å²) >= 11 is 0. The molecule has 0 rings (SSSR count). The summed E-state index contributed by atoms with van der Waals surface area (Å²) in [5.74, 6) is -0.613. The zero-order valence-corrected chi connectivity index (χ0v) is 33.8. The van der Waals surface area contributed by atoms with Crippen molar-refractivity contribution in [3.63, 3.8) is 0 Å². The van der Waals surface area contributed by atoms with E-state index in [-0.39, 0.29) is 25.2 Å². The van der Waals surface area contributed by atoms with Gasteiger partial charge in [0.2, 0.25) is 0 Å². The van der Waals surface area contributed by atoms with Gasteiger partial charge in [0.15, 0.2) is 6.10 Å². The van der Waals surface area contributed by atoms with Gasteiger partial charge in [-0.05, 0) is 77.0 Å². The van der Waals surface area contributed by atoms with Crippen molar-refractivity contribution in [1.29, 1.82) is 0 Å². The van der Waals surface area contributed by atoms with E-state index in [0.29, 0.717) is 12.8 Å². The molecule has 0 aromatic carbocycles. The van der Waals surface area contributed by atoms with E-state index in [4.69, 9.17) is 9.47 Å². The molecule has 0 fully saturated rings. The number of esters is 2. The molecule has 52 heavy (non-hydrogen) atoms. The average molecular weight is 725 g/mol. The third kappa shape index (κ3) is 40.1. The van der Waals surface area contributed by atoms with Gasteiger partial charge in [0.25, 0.3) is 0 Å². The molecule has 0 aliphatic rings. The summed E-state index contributed by atoms with van der Waals surface area (Å²) in [4.78, 5) is 24.3. The van der Waals surface area contributed by atoms with E-state index in [9.17, 15) is 14.7 Å². The molecule has 5 nitrogen and oxygen atoms in total. The second kappa shape index (κ2) is 42.8. The molecular formula is C47H80O5. The SMILES string of the molecule is CC/C=C\C/C=C\C/C=C\C/C=C\CCCCCCCCCCCCCCC(=O)OC(CO)COC(=O)CCCCCCC/C=C\C/C=C\CCC. The zero-order chi connectivity index (χ0) is 37.8. The molecule has 0 saturated heterocycles. The smallest absolute Gasteiger partial charge is 0.306 e. The van der Waals surface area contributed by atoms with Gasteiger partial charge >= 0.3 is 11.9 Å². The maximum Gasteiger partial charge on any atom is 0.306 e. The number of aliphatic hydroxyl groups excluding tert-OH is 1. The van der Waals surface area contributed by atoms with Gasteiger partial charge in [0.05, 0.1) is 6.61 Å². The summed E-state index contributed by atoms with van der Waals surface area (Å²) in [7, 11) is 0. The van der Waals surface area contributed by atoms with Crippen molar-refractivity contribution in [2.24, 2.45) is 0 Å². The molecule has 0 aliphatic carbocycles. The lowest BCUT2D eigenvalue weighted by Crippen LogP contribution is -2.28. The molecule has 0 saturated carbocycles. The van der Waals surface area contributed by atoms with E-state index in [2.05, 4.69) is 86.8 Å². The summed E-state index contributed by atoms with van der Waals surface area (Å²) in [5.41, 5.74) is 0. The van der Waals surface area contributed by atoms with Gasteiger partial charge in [-0.2, -0.15) is 0 Å². The Morgan fingerprint density at radius 1 is 0.462 bits per heavy atom. The van der Waals surface area contributed by atoms with Gasteiger partial charge in [0.1, 0.15) is 6.61 Å². The average Bonchev–Trinajstić information content (AvgIpc) is 3.15. The number of ether oxygens (including phenoxy) is 2. The van der Waals surface area contributed by atoms with E-state index in [0.717, 1.165) is 83.5 Å². The van der Waals surface area contributed by atoms with E-state index >= 15 is 0 Å². The largest absolute Gasteiger partial charge is 0.462 e. The lowest BCUT2D eigenvalue weighted by atomic mass is 10.0. The first-order valence-electron chi connectivity index (χ1n) is 21.5. The molecule has 298 valence electrons. The van der Waals surface area contributed by atoms with Gasteiger partial charge in [0, 0.05) is 12.8 Å². The maximum absolute atomic E-state index is 12.2. The molecular weight excluding hydrogens is 645 g/mol. The molecule has 0 bridgehead atoms. The number of carbonyl (C=O) groups is 2. The number of allylic oxidation sites excluding steroid dienone is 12. The molecule has 0 aliphatic heterocycles. The van der Waals surface area contributed by atoms with Crippen LogP contribution in [0.3, 0.4) is 0 Å². The molecule has 1 atom stereocenters. The van der Waals surface area contributed by atoms with Crippen LogP contribution in [0.1, 0.15) is 194 Å². The van der Waals surface area contributed by atoms with Crippen molar-refractivity contribution in [3.8, 4) is 0 Å². The van der Waals surface area contributed by atoms with Crippen LogP contribution in [-0.2, 0) is 19.1 Å². The standard InChI is InChI=1S/C47H80O5/c1-3-5-7-9-11-13-15-17-18-19-20-21-22-23-24-25-26-27-28-30-32-34-36-38-40-42-47(50)52-45(43-48)44-51-46(49)41-39-37-35-33-31-29-16-14-12-10-8-6-4-2/h5,7-8,10-11,13-14,16-18,20-21,45,48H,3-4,6,9,12,15,19,22-44H2,1-2H3/b7-5-,10-8-,13-11-,16-14-,18-17-,21-20-. The number of aliphatic hydroxyl groups is 1. The maximum atomic E-state index is 12.2. The third-order valence-corrected chi connectivity index (χ3v) is 8.97. The number of hydrogen-bond acceptors (Lipinski definition) is 5. The highest BCUT2D eigenvalue weighted by molar-refractivity contribution is 5.70. The van der Waals surface area contributed by atoms with Gasteiger partial charge in [-0.25, -0.2) is 0 Å². The fourth-order valence-electron chi connectivity index (χ4n) is 5.76. The minimum atomic E-state index is -0.780. The van der Waals surface area contributed by atoms with E-state index in [1.807, 2.05) is 0 Å². The fourth-order valence-corrected chi connectivity index (χ4v) is 5.76. The Labute approximate surface area is 321 Å². The minimum absolute atomic E-state index is 0.0763. The summed E-state index contributed by atoms with van der Waals surface area (Å²) in [5, 5.41) is 9.57. The predicted octanol–water partition coefficient (Wildman–Crippen LogP) is 13.7. The normalized spacial score (nSPS) is 12.9. The Bertz CT molecular complexity index is 957. The van der Waals surface area contributed by atoms with Crippen molar-refractivity contribution in [3.05, 3.63) is 72.9 Å². The van der Waals surface area contributed by atoms with Crippen LogP contribution in [-0.4, -0.2) is 36.4 Å². The van der Waals surface area contributed by atoms with Gasteiger partial charge in [-0.3, -0.25) is 9.59 Å². The summed E-state index contributed by atoms with van der Waals surface area (Å²) in [6, 6.07) is 0. The lowest BCUT2D eigenvalue weighted by molar-refractivity contribution is -0.161. The topological polar surface area (TPSA) is 72.8 Å². The van der Waals surface area contributed by atoms with Crippen LogP contribution < -0.4 is 0 Å². The van der Waals surface area contributed by atoms with E-state index in [1.54, 1.807) is 0 Å². The predicted molar refractivity (Wildman–Crippen MR) is 223 cm³/mol. The molecule has 0 aromatic rings. The van der Waals surface area contributed by atoms with Crippen molar-refractivity contribution in [2.75, 3.05) is 13.2 Å². The Morgan fingerprint density at radius 2 is 0.827 bits per heavy atom. The first kappa shape index (κ1) is 49.3. The fraction of sp³-hybridized carbons (Fsp3) is 0.702. The van der Waals surface area contributed by atoms with E-state index < -0.39 is 6.10 Å². The molecule has 1 N–H and O–H groups in total. The molecule has 1 unspecified atom stereocenters. The number of rotatable bonds is 38. The van der Waals surface area contributed by atoms with Crippen LogP contribution in [0.5, 0.6) is 0 Å². The Balaban J connectivity index is 3.54. The monoisotopic (exact) mass is 725 g/mol. The Hall–Kier alpha value is -2.66. The summed E-state index contributed by atoms with van der Waals surface area (Å²) < 4.78 is 10.6. The number of carbonyl (C=O) groups excluding carboxylic acids is 2. The lowest BCUT2D eigenvalue weighted by Gasteiger charge is -2.15. The first-order chi connectivity index (χ1) is 25.6. The molecule has 5 heteroatoms. The number of hydrogen-bond donors (Lipinski definition) is 1. The highest BCUT2D eigenvalue weighted by Gasteiger charge is 2.16. The van der Waals surface area contributed by atoms with Crippen molar-refractivity contribution in [1.82, 2.24) is 0 Å².